The van der Waals surface area contributed by atoms with Crippen LogP contribution in [-0.2, 0) is 6.42 Å². The Morgan fingerprint density at radius 1 is 1.23 bits per heavy atom. The standard InChI is InChI=1S/C21H19FN2O2/c1-2-17-19(13-6-4-3-5-7-13)20(21(26)24-11-15(25)12-24)16-10-14(22)8-9-18(16)23-17/h3-10,15,25H,2,11-12H2,1H3. The number of fused-ring (bicyclic) bond motifs is 1. The van der Waals surface area contributed by atoms with Crippen LogP contribution >= 0.6 is 0 Å². The van der Waals surface area contributed by atoms with E-state index in [1.54, 1.807) is 11.0 Å². The number of aromatic nitrogens is 1. The number of carbonyl (C=O) groups excluding carboxylic acids is 1. The van der Waals surface area contributed by atoms with Gasteiger partial charge < -0.3 is 10.0 Å². The highest BCUT2D eigenvalue weighted by molar-refractivity contribution is 6.12. The van der Waals surface area contributed by atoms with E-state index in [9.17, 15) is 14.3 Å². The van der Waals surface area contributed by atoms with Crippen LogP contribution in [0.1, 0.15) is 23.0 Å². The summed E-state index contributed by atoms with van der Waals surface area (Å²) in [6.07, 6.45) is 0.162. The topological polar surface area (TPSA) is 53.4 Å². The molecule has 2 heterocycles. The number of β-amino-alcohol motifs (C(OH)–C–C–N with tert-alkyl or cyclic N) is 1. The third-order valence-corrected chi connectivity index (χ3v) is 4.78. The lowest BCUT2D eigenvalue weighted by atomic mass is 9.92. The molecule has 1 fully saturated rings. The van der Waals surface area contributed by atoms with Gasteiger partial charge in [0.15, 0.2) is 0 Å². The molecule has 3 aromatic rings. The first-order valence-electron chi connectivity index (χ1n) is 8.73. The highest BCUT2D eigenvalue weighted by Gasteiger charge is 2.33. The van der Waals surface area contributed by atoms with Crippen molar-refractivity contribution in [2.24, 2.45) is 0 Å². The summed E-state index contributed by atoms with van der Waals surface area (Å²) in [5, 5.41) is 10.1. The molecule has 26 heavy (non-hydrogen) atoms. The number of pyridine rings is 1. The van der Waals surface area contributed by atoms with Crippen molar-refractivity contribution in [2.45, 2.75) is 19.4 Å². The van der Waals surface area contributed by atoms with Gasteiger partial charge in [-0.15, -0.1) is 0 Å². The molecule has 132 valence electrons. The molecule has 0 aliphatic carbocycles. The molecule has 1 aliphatic heterocycles. The molecular weight excluding hydrogens is 331 g/mol. The van der Waals surface area contributed by atoms with Gasteiger partial charge in [-0.2, -0.15) is 0 Å². The summed E-state index contributed by atoms with van der Waals surface area (Å²) in [5.74, 6) is -0.595. The van der Waals surface area contributed by atoms with Gasteiger partial charge in [-0.3, -0.25) is 9.78 Å². The Balaban J connectivity index is 2.03. The normalized spacial score (nSPS) is 14.5. The van der Waals surface area contributed by atoms with Crippen molar-refractivity contribution in [3.05, 3.63) is 65.6 Å². The molecule has 0 bridgehead atoms. The maximum Gasteiger partial charge on any atom is 0.255 e. The first kappa shape index (κ1) is 16.7. The van der Waals surface area contributed by atoms with E-state index in [1.165, 1.54) is 12.1 Å². The smallest absolute Gasteiger partial charge is 0.255 e. The summed E-state index contributed by atoms with van der Waals surface area (Å²) in [6, 6.07) is 13.9. The third kappa shape index (κ3) is 2.74. The summed E-state index contributed by atoms with van der Waals surface area (Å²) in [5.41, 5.74) is 3.50. The van der Waals surface area contributed by atoms with Crippen molar-refractivity contribution in [2.75, 3.05) is 13.1 Å². The van der Waals surface area contributed by atoms with E-state index in [1.807, 2.05) is 37.3 Å². The lowest BCUT2D eigenvalue weighted by Gasteiger charge is -2.36. The number of benzene rings is 2. The maximum absolute atomic E-state index is 14.0. The number of likely N-dealkylation sites (tertiary alicyclic amines) is 1. The highest BCUT2D eigenvalue weighted by atomic mass is 19.1. The molecule has 4 rings (SSSR count). The number of rotatable bonds is 3. The van der Waals surface area contributed by atoms with Crippen LogP contribution in [0, 0.1) is 5.82 Å². The van der Waals surface area contributed by atoms with Gasteiger partial charge in [0.2, 0.25) is 0 Å². The van der Waals surface area contributed by atoms with Crippen molar-refractivity contribution in [1.82, 2.24) is 9.88 Å². The zero-order valence-electron chi connectivity index (χ0n) is 14.4. The van der Waals surface area contributed by atoms with E-state index in [0.717, 1.165) is 16.8 Å². The Labute approximate surface area is 150 Å². The van der Waals surface area contributed by atoms with Crippen LogP contribution in [0.25, 0.3) is 22.0 Å². The average molecular weight is 350 g/mol. The highest BCUT2D eigenvalue weighted by Crippen LogP contribution is 2.34. The van der Waals surface area contributed by atoms with Crippen molar-refractivity contribution in [3.8, 4) is 11.1 Å². The molecule has 0 unspecified atom stereocenters. The molecule has 0 saturated carbocycles. The summed E-state index contributed by atoms with van der Waals surface area (Å²) >= 11 is 0. The minimum Gasteiger partial charge on any atom is -0.389 e. The van der Waals surface area contributed by atoms with Gasteiger partial charge in [0.25, 0.3) is 5.91 Å². The van der Waals surface area contributed by atoms with Crippen molar-refractivity contribution < 1.29 is 14.3 Å². The van der Waals surface area contributed by atoms with Crippen LogP contribution in [0.5, 0.6) is 0 Å². The number of amides is 1. The Morgan fingerprint density at radius 2 is 1.96 bits per heavy atom. The van der Waals surface area contributed by atoms with Crippen LogP contribution in [0.15, 0.2) is 48.5 Å². The van der Waals surface area contributed by atoms with E-state index in [-0.39, 0.29) is 5.91 Å². The molecule has 4 nitrogen and oxygen atoms in total. The van der Waals surface area contributed by atoms with Crippen LogP contribution in [-0.4, -0.2) is 40.1 Å². The number of carbonyl (C=O) groups is 1. The molecular formula is C21H19FN2O2. The monoisotopic (exact) mass is 350 g/mol. The predicted octanol–water partition coefficient (Wildman–Crippen LogP) is 3.42. The number of hydrogen-bond donors (Lipinski definition) is 1. The molecule has 2 aromatic carbocycles. The van der Waals surface area contributed by atoms with Crippen LogP contribution in [0.2, 0.25) is 0 Å². The predicted molar refractivity (Wildman–Crippen MR) is 98.4 cm³/mol. The summed E-state index contributed by atoms with van der Waals surface area (Å²) in [4.78, 5) is 19.5. The lowest BCUT2D eigenvalue weighted by Crippen LogP contribution is -2.53. The van der Waals surface area contributed by atoms with Gasteiger partial charge in [0.1, 0.15) is 5.82 Å². The first-order chi connectivity index (χ1) is 12.6. The Hall–Kier alpha value is -2.79. The lowest BCUT2D eigenvalue weighted by molar-refractivity contribution is 0.00607. The fourth-order valence-electron chi connectivity index (χ4n) is 3.46. The van der Waals surface area contributed by atoms with E-state index in [0.29, 0.717) is 36.0 Å². The van der Waals surface area contributed by atoms with Crippen molar-refractivity contribution in [1.29, 1.82) is 0 Å². The second-order valence-electron chi connectivity index (χ2n) is 6.55. The number of nitrogens with zero attached hydrogens (tertiary/aromatic N) is 2. The summed E-state index contributed by atoms with van der Waals surface area (Å²) in [7, 11) is 0. The molecule has 0 radical (unpaired) electrons. The second kappa shape index (κ2) is 6.50. The quantitative estimate of drug-likeness (QED) is 0.787. The van der Waals surface area contributed by atoms with Crippen molar-refractivity contribution in [3.63, 3.8) is 0 Å². The van der Waals surface area contributed by atoms with Crippen LogP contribution < -0.4 is 0 Å². The van der Waals surface area contributed by atoms with Crippen LogP contribution in [0.3, 0.4) is 0 Å². The molecule has 1 N–H and O–H groups in total. The van der Waals surface area contributed by atoms with E-state index < -0.39 is 11.9 Å². The van der Waals surface area contributed by atoms with Gasteiger partial charge in [0.05, 0.1) is 17.2 Å². The summed E-state index contributed by atoms with van der Waals surface area (Å²) < 4.78 is 14.0. The molecule has 0 atom stereocenters. The SMILES string of the molecule is CCc1nc2ccc(F)cc2c(C(=O)N2CC(O)C2)c1-c1ccccc1. The third-order valence-electron chi connectivity index (χ3n) is 4.78. The molecule has 1 amide bonds. The minimum absolute atomic E-state index is 0.193. The van der Waals surface area contributed by atoms with Gasteiger partial charge in [-0.1, -0.05) is 37.3 Å². The molecule has 1 aliphatic rings. The molecule has 5 heteroatoms. The number of aryl methyl sites for hydroxylation is 1. The number of aliphatic hydroxyl groups is 1. The Bertz CT molecular complexity index is 982. The average Bonchev–Trinajstić information content (AvgIpc) is 2.64. The largest absolute Gasteiger partial charge is 0.389 e. The van der Waals surface area contributed by atoms with Gasteiger partial charge >= 0.3 is 0 Å². The van der Waals surface area contributed by atoms with Gasteiger partial charge in [-0.25, -0.2) is 4.39 Å². The first-order valence-corrected chi connectivity index (χ1v) is 8.73. The molecule has 1 aromatic heterocycles. The summed E-state index contributed by atoms with van der Waals surface area (Å²) in [6.45, 7) is 2.59. The second-order valence-corrected chi connectivity index (χ2v) is 6.55. The fraction of sp³-hybridized carbons (Fsp3) is 0.238. The van der Waals surface area contributed by atoms with Gasteiger partial charge in [0, 0.05) is 29.7 Å². The van der Waals surface area contributed by atoms with Crippen molar-refractivity contribution >= 4 is 16.8 Å². The molecule has 1 saturated heterocycles. The zero-order valence-corrected chi connectivity index (χ0v) is 14.4. The minimum atomic E-state index is -0.491. The molecule has 0 spiro atoms. The fourth-order valence-corrected chi connectivity index (χ4v) is 3.46. The van der Waals surface area contributed by atoms with E-state index >= 15 is 0 Å². The van der Waals surface area contributed by atoms with E-state index in [4.69, 9.17) is 0 Å². The van der Waals surface area contributed by atoms with E-state index in [2.05, 4.69) is 4.98 Å². The Kier molecular flexibility index (Phi) is 4.17. The number of hydrogen-bond acceptors (Lipinski definition) is 3. The Morgan fingerprint density at radius 3 is 2.62 bits per heavy atom. The van der Waals surface area contributed by atoms with Gasteiger partial charge in [-0.05, 0) is 30.2 Å². The maximum atomic E-state index is 14.0. The number of halogens is 1. The number of aliphatic hydroxyl groups excluding tert-OH is 1. The van der Waals surface area contributed by atoms with Crippen LogP contribution in [0.4, 0.5) is 4.39 Å². The zero-order chi connectivity index (χ0) is 18.3.